The Labute approximate surface area is 106 Å². The van der Waals surface area contributed by atoms with Crippen LogP contribution in [-0.2, 0) is 0 Å². The number of nitrogens with two attached hydrogens (primary N) is 1. The SMILES string of the molecule is CN1CCCC(N(C)CCC(C)(C)C(=N)N)C1. The van der Waals surface area contributed by atoms with Crippen molar-refractivity contribution in [3.63, 3.8) is 0 Å². The Hall–Kier alpha value is -0.610. The minimum absolute atomic E-state index is 0.172. The maximum absolute atomic E-state index is 7.57. The van der Waals surface area contributed by atoms with E-state index in [4.69, 9.17) is 11.1 Å². The number of piperidine rings is 1. The van der Waals surface area contributed by atoms with Crippen LogP contribution in [0.15, 0.2) is 0 Å². The molecule has 4 heteroatoms. The smallest absolute Gasteiger partial charge is 0.0963 e. The molecule has 1 heterocycles. The van der Waals surface area contributed by atoms with Gasteiger partial charge >= 0.3 is 0 Å². The third-order valence-electron chi connectivity index (χ3n) is 4.04. The van der Waals surface area contributed by atoms with Gasteiger partial charge in [-0.1, -0.05) is 13.8 Å². The second-order valence-corrected chi connectivity index (χ2v) is 6.09. The molecule has 1 fully saturated rings. The molecule has 17 heavy (non-hydrogen) atoms. The molecule has 0 spiro atoms. The van der Waals surface area contributed by atoms with Crippen LogP contribution in [0.3, 0.4) is 0 Å². The van der Waals surface area contributed by atoms with Gasteiger partial charge in [-0.05, 0) is 46.4 Å². The highest BCUT2D eigenvalue weighted by molar-refractivity contribution is 5.82. The van der Waals surface area contributed by atoms with E-state index in [0.717, 1.165) is 19.5 Å². The van der Waals surface area contributed by atoms with E-state index in [0.29, 0.717) is 11.9 Å². The van der Waals surface area contributed by atoms with Crippen LogP contribution in [0.4, 0.5) is 0 Å². The molecule has 1 rings (SSSR count). The molecular formula is C13H28N4. The Balaban J connectivity index is 2.38. The summed E-state index contributed by atoms with van der Waals surface area (Å²) < 4.78 is 0. The summed E-state index contributed by atoms with van der Waals surface area (Å²) in [7, 11) is 4.39. The van der Waals surface area contributed by atoms with Crippen molar-refractivity contribution in [2.75, 3.05) is 33.7 Å². The van der Waals surface area contributed by atoms with Crippen LogP contribution in [0.2, 0.25) is 0 Å². The van der Waals surface area contributed by atoms with Gasteiger partial charge in [-0.25, -0.2) is 0 Å². The number of hydrogen-bond donors (Lipinski definition) is 2. The number of rotatable bonds is 5. The Morgan fingerprint density at radius 2 is 2.18 bits per heavy atom. The van der Waals surface area contributed by atoms with Crippen molar-refractivity contribution in [2.45, 2.75) is 39.2 Å². The molecular weight excluding hydrogens is 212 g/mol. The van der Waals surface area contributed by atoms with Gasteiger partial charge in [-0.15, -0.1) is 0 Å². The van der Waals surface area contributed by atoms with Gasteiger partial charge in [0.1, 0.15) is 0 Å². The molecule has 0 aromatic heterocycles. The summed E-state index contributed by atoms with van der Waals surface area (Å²) >= 11 is 0. The topological polar surface area (TPSA) is 56.4 Å². The van der Waals surface area contributed by atoms with Crippen molar-refractivity contribution in [1.29, 1.82) is 5.41 Å². The minimum atomic E-state index is -0.172. The average Bonchev–Trinajstić information content (AvgIpc) is 2.25. The number of nitrogens with one attached hydrogen (secondary N) is 1. The first-order chi connectivity index (χ1) is 7.83. The first kappa shape index (κ1) is 14.5. The van der Waals surface area contributed by atoms with Crippen LogP contribution >= 0.6 is 0 Å². The van der Waals surface area contributed by atoms with E-state index < -0.39 is 0 Å². The fourth-order valence-electron chi connectivity index (χ4n) is 2.27. The zero-order chi connectivity index (χ0) is 13.1. The maximum atomic E-state index is 7.57. The molecule has 0 aromatic rings. The van der Waals surface area contributed by atoms with Crippen LogP contribution in [0.1, 0.15) is 33.1 Å². The van der Waals surface area contributed by atoms with Crippen molar-refractivity contribution >= 4 is 5.84 Å². The highest BCUT2D eigenvalue weighted by Crippen LogP contribution is 2.21. The van der Waals surface area contributed by atoms with Crippen LogP contribution in [0, 0.1) is 10.8 Å². The lowest BCUT2D eigenvalue weighted by molar-refractivity contribution is 0.127. The lowest BCUT2D eigenvalue weighted by Gasteiger charge is -2.37. The molecule has 0 aromatic carbocycles. The first-order valence-corrected chi connectivity index (χ1v) is 6.56. The molecule has 0 amide bonds. The number of likely N-dealkylation sites (tertiary alicyclic amines) is 1. The molecule has 1 atom stereocenters. The molecule has 1 unspecified atom stereocenters. The van der Waals surface area contributed by atoms with Gasteiger partial charge in [-0.2, -0.15) is 0 Å². The Bertz CT molecular complexity index is 262. The summed E-state index contributed by atoms with van der Waals surface area (Å²) in [5.41, 5.74) is 5.44. The maximum Gasteiger partial charge on any atom is 0.0963 e. The van der Waals surface area contributed by atoms with Gasteiger partial charge < -0.3 is 15.5 Å². The van der Waals surface area contributed by atoms with Crippen molar-refractivity contribution < 1.29 is 0 Å². The molecule has 0 aliphatic carbocycles. The van der Waals surface area contributed by atoms with Crippen molar-refractivity contribution in [2.24, 2.45) is 11.1 Å². The summed E-state index contributed by atoms with van der Waals surface area (Å²) in [6.45, 7) is 7.51. The fraction of sp³-hybridized carbons (Fsp3) is 0.923. The van der Waals surface area contributed by atoms with E-state index in [1.807, 2.05) is 0 Å². The molecule has 1 saturated heterocycles. The largest absolute Gasteiger partial charge is 0.387 e. The lowest BCUT2D eigenvalue weighted by atomic mass is 9.87. The zero-order valence-corrected chi connectivity index (χ0v) is 11.8. The van der Waals surface area contributed by atoms with Gasteiger partial charge in [-0.3, -0.25) is 5.41 Å². The second kappa shape index (κ2) is 5.83. The van der Waals surface area contributed by atoms with Gasteiger partial charge in [0.25, 0.3) is 0 Å². The number of amidine groups is 1. The molecule has 3 N–H and O–H groups in total. The van der Waals surface area contributed by atoms with Crippen LogP contribution < -0.4 is 5.73 Å². The zero-order valence-electron chi connectivity index (χ0n) is 11.8. The van der Waals surface area contributed by atoms with E-state index in [1.54, 1.807) is 0 Å². The van der Waals surface area contributed by atoms with Crippen molar-refractivity contribution in [3.05, 3.63) is 0 Å². The number of nitrogens with zero attached hydrogens (tertiary/aromatic N) is 2. The highest BCUT2D eigenvalue weighted by atomic mass is 15.2. The quantitative estimate of drug-likeness (QED) is 0.563. The van der Waals surface area contributed by atoms with Crippen molar-refractivity contribution in [3.8, 4) is 0 Å². The summed E-state index contributed by atoms with van der Waals surface area (Å²) in [5, 5.41) is 7.57. The first-order valence-electron chi connectivity index (χ1n) is 6.56. The third kappa shape index (κ3) is 4.28. The molecule has 4 nitrogen and oxygen atoms in total. The number of hydrogen-bond acceptors (Lipinski definition) is 3. The molecule has 1 aliphatic rings. The minimum Gasteiger partial charge on any atom is -0.387 e. The summed E-state index contributed by atoms with van der Waals surface area (Å²) in [6, 6.07) is 0.663. The molecule has 100 valence electrons. The average molecular weight is 240 g/mol. The number of likely N-dealkylation sites (N-methyl/N-ethyl adjacent to an activating group) is 2. The van der Waals surface area contributed by atoms with E-state index >= 15 is 0 Å². The molecule has 0 saturated carbocycles. The van der Waals surface area contributed by atoms with Crippen LogP contribution in [-0.4, -0.2) is 55.4 Å². The van der Waals surface area contributed by atoms with Crippen LogP contribution in [0.25, 0.3) is 0 Å². The lowest BCUT2D eigenvalue weighted by Crippen LogP contribution is -2.46. The van der Waals surface area contributed by atoms with E-state index in [2.05, 4.69) is 37.7 Å². The predicted octanol–water partition coefficient (Wildman–Crippen LogP) is 1.36. The van der Waals surface area contributed by atoms with E-state index in [1.165, 1.54) is 19.4 Å². The predicted molar refractivity (Wildman–Crippen MR) is 73.5 cm³/mol. The van der Waals surface area contributed by atoms with Gasteiger partial charge in [0.05, 0.1) is 5.84 Å². The Morgan fingerprint density at radius 1 is 1.53 bits per heavy atom. The second-order valence-electron chi connectivity index (χ2n) is 6.09. The summed E-state index contributed by atoms with van der Waals surface area (Å²) in [4.78, 5) is 4.83. The normalized spacial score (nSPS) is 23.0. The van der Waals surface area contributed by atoms with E-state index in [-0.39, 0.29) is 5.41 Å². The standard InChI is InChI=1S/C13H28N4/c1-13(2,12(14)15)7-9-17(4)11-6-5-8-16(3)10-11/h11H,5-10H2,1-4H3,(H3,14,15). The Morgan fingerprint density at radius 3 is 2.71 bits per heavy atom. The van der Waals surface area contributed by atoms with E-state index in [9.17, 15) is 0 Å². The monoisotopic (exact) mass is 240 g/mol. The van der Waals surface area contributed by atoms with Gasteiger partial charge in [0.2, 0.25) is 0 Å². The highest BCUT2D eigenvalue weighted by Gasteiger charge is 2.25. The van der Waals surface area contributed by atoms with Gasteiger partial charge in [0.15, 0.2) is 0 Å². The van der Waals surface area contributed by atoms with Gasteiger partial charge in [0, 0.05) is 18.0 Å². The summed E-state index contributed by atoms with van der Waals surface area (Å²) in [5.74, 6) is 0.298. The summed E-state index contributed by atoms with van der Waals surface area (Å²) in [6.07, 6.45) is 3.54. The van der Waals surface area contributed by atoms with Crippen LogP contribution in [0.5, 0.6) is 0 Å². The third-order valence-corrected chi connectivity index (χ3v) is 4.04. The fourth-order valence-corrected chi connectivity index (χ4v) is 2.27. The molecule has 0 radical (unpaired) electrons. The molecule has 1 aliphatic heterocycles. The Kier molecular flexibility index (Phi) is 4.95. The van der Waals surface area contributed by atoms with Crippen molar-refractivity contribution in [1.82, 2.24) is 9.80 Å². The molecule has 0 bridgehead atoms.